The molecule has 4 N–H and O–H groups in total. The Bertz CT molecular complexity index is 117. The van der Waals surface area contributed by atoms with Crippen LogP contribution >= 0.6 is 0 Å². The van der Waals surface area contributed by atoms with Crippen LogP contribution in [0.3, 0.4) is 0 Å². The van der Waals surface area contributed by atoms with Gasteiger partial charge in [0.2, 0.25) is 0 Å². The van der Waals surface area contributed by atoms with E-state index < -0.39 is 18.5 Å². The van der Waals surface area contributed by atoms with Crippen molar-refractivity contribution in [2.75, 3.05) is 0 Å². The minimum absolute atomic E-state index is 0. The van der Waals surface area contributed by atoms with Gasteiger partial charge in [-0.25, -0.2) is 0 Å². The quantitative estimate of drug-likeness (QED) is 0.377. The Balaban J connectivity index is -0.0000000135. The molecule has 0 fully saturated rings. The van der Waals surface area contributed by atoms with E-state index in [0.717, 1.165) is 0 Å². The largest absolute Gasteiger partial charge is 3.00 e. The average Bonchev–Trinajstić information content (AvgIpc) is 1.54. The van der Waals surface area contributed by atoms with Crippen LogP contribution in [0, 0.1) is 0 Å². The summed E-state index contributed by atoms with van der Waals surface area (Å²) < 4.78 is 0. The van der Waals surface area contributed by atoms with Crippen molar-refractivity contribution in [2.45, 2.75) is 0 Å². The molecule has 0 atom stereocenters. The third-order valence-corrected chi connectivity index (χ3v) is 0. The fourth-order valence-corrected chi connectivity index (χ4v) is 0. The number of carbonyl (C=O) groups is 3. The molecule has 0 aromatic heterocycles. The van der Waals surface area contributed by atoms with Crippen molar-refractivity contribution in [3.05, 3.63) is 0 Å². The summed E-state index contributed by atoms with van der Waals surface area (Å²) in [6.07, 6.45) is -7.00. The van der Waals surface area contributed by atoms with Crippen molar-refractivity contribution < 1.29 is 121 Å². The molecule has 11 nitrogen and oxygen atoms in total. The summed E-state index contributed by atoms with van der Waals surface area (Å²) in [7, 11) is 0. The Kier molecular flexibility index (Phi) is 101. The predicted molar refractivity (Wildman–Crippen MR) is 23.4 cm³/mol. The van der Waals surface area contributed by atoms with Crippen molar-refractivity contribution in [1.29, 1.82) is 0 Å². The summed E-state index contributed by atoms with van der Waals surface area (Å²) in [5.74, 6) is 0. The molecule has 0 aliphatic carbocycles. The molecule has 0 saturated heterocycles. The van der Waals surface area contributed by atoms with Gasteiger partial charge in [0, 0.05) is 0 Å². The van der Waals surface area contributed by atoms with Gasteiger partial charge in [-0.1, -0.05) is 0 Å². The van der Waals surface area contributed by atoms with E-state index in [0.29, 0.717) is 0 Å². The van der Waals surface area contributed by atoms with E-state index >= 15 is 0 Å². The SMILES string of the molecule is O.O.O=C([O-])[O-].O=C([O-])[O-].O=C([O-])[O-].[Y+3].[Y+3]. The molecule has 0 aromatic rings. The Hall–Kier alpha value is -0.0622. The van der Waals surface area contributed by atoms with Crippen LogP contribution in [0.1, 0.15) is 0 Å². The second-order valence-electron chi connectivity index (χ2n) is 0.750. The van der Waals surface area contributed by atoms with Gasteiger partial charge >= 0.3 is 65.4 Å². The first kappa shape index (κ1) is 44.5. The Labute approximate surface area is 138 Å². The van der Waals surface area contributed by atoms with E-state index in [1.807, 2.05) is 0 Å². The van der Waals surface area contributed by atoms with Gasteiger partial charge in [0.05, 0.1) is 0 Å². The minimum Gasteiger partial charge on any atom is -0.652 e. The maximum absolute atomic E-state index is 8.33. The molecule has 0 heterocycles. The second kappa shape index (κ2) is 36.3. The van der Waals surface area contributed by atoms with Crippen molar-refractivity contribution >= 4 is 18.5 Å². The third-order valence-electron chi connectivity index (χ3n) is 0. The van der Waals surface area contributed by atoms with Crippen LogP contribution in [0.4, 0.5) is 14.4 Å². The Morgan fingerprint density at radius 2 is 0.500 bits per heavy atom. The molecule has 0 spiro atoms. The fraction of sp³-hybridized carbons (Fsp3) is 0. The zero-order valence-electron chi connectivity index (χ0n) is 7.33. The summed E-state index contributed by atoms with van der Waals surface area (Å²) in [5.41, 5.74) is 0. The average molecular weight is 394 g/mol. The van der Waals surface area contributed by atoms with E-state index in [-0.39, 0.29) is 76.4 Å². The molecule has 0 amide bonds. The molecule has 0 unspecified atom stereocenters. The molecule has 0 aromatic carbocycles. The van der Waals surface area contributed by atoms with E-state index in [1.165, 1.54) is 0 Å². The van der Waals surface area contributed by atoms with Crippen LogP contribution < -0.4 is 30.6 Å². The number of carbonyl (C=O) groups excluding carboxylic acids is 3. The number of carboxylic acid groups (broad SMARTS) is 6. The molecule has 0 radical (unpaired) electrons. The second-order valence-corrected chi connectivity index (χ2v) is 0.750. The predicted octanol–water partition coefficient (Wildman–Crippen LogP) is -9.00. The normalized spacial score (nSPS) is 4.50. The van der Waals surface area contributed by atoms with E-state index in [1.54, 1.807) is 0 Å². The smallest absolute Gasteiger partial charge is 0.652 e. The minimum atomic E-state index is -2.33. The van der Waals surface area contributed by atoms with E-state index in [9.17, 15) is 0 Å². The summed E-state index contributed by atoms with van der Waals surface area (Å²) in [4.78, 5) is 25.0. The van der Waals surface area contributed by atoms with Crippen LogP contribution in [0.25, 0.3) is 0 Å². The molecule has 0 aliphatic rings. The summed E-state index contributed by atoms with van der Waals surface area (Å²) in [6, 6.07) is 0. The number of rotatable bonds is 0. The van der Waals surface area contributed by atoms with Gasteiger partial charge in [0.15, 0.2) is 0 Å². The van der Waals surface area contributed by atoms with Crippen LogP contribution in [0.2, 0.25) is 0 Å². The van der Waals surface area contributed by atoms with Gasteiger partial charge in [0.1, 0.15) is 0 Å². The van der Waals surface area contributed by atoms with Crippen molar-refractivity contribution in [3.63, 3.8) is 0 Å². The van der Waals surface area contributed by atoms with Gasteiger partial charge < -0.3 is 56.0 Å². The van der Waals surface area contributed by atoms with Gasteiger partial charge in [-0.05, 0) is 18.5 Å². The van der Waals surface area contributed by atoms with Crippen LogP contribution in [0.15, 0.2) is 0 Å². The third kappa shape index (κ3) is 603000. The summed E-state index contributed by atoms with van der Waals surface area (Å²) >= 11 is 0. The standard InChI is InChI=1S/3CH2O3.2H2O.2Y/c3*2-1(3)4;;;;/h3*(H2,2,3,4);2*1H2;;/q;;;;;2*+3/p-6. The Morgan fingerprint density at radius 1 is 0.500 bits per heavy atom. The maximum Gasteiger partial charge on any atom is 3.00 e. The zero-order chi connectivity index (χ0) is 10.7. The first-order valence-electron chi connectivity index (χ1n) is 1.84. The van der Waals surface area contributed by atoms with Crippen LogP contribution in [-0.2, 0) is 65.4 Å². The van der Waals surface area contributed by atoms with Gasteiger partial charge in [0.25, 0.3) is 0 Å². The van der Waals surface area contributed by atoms with Crippen LogP contribution in [-0.4, -0.2) is 29.4 Å². The van der Waals surface area contributed by atoms with E-state index in [2.05, 4.69) is 0 Å². The monoisotopic (exact) mass is 394 g/mol. The summed E-state index contributed by atoms with van der Waals surface area (Å²) in [6.45, 7) is 0. The molecule has 88 valence electrons. The number of hydrogen-bond donors (Lipinski definition) is 0. The molecule has 0 aliphatic heterocycles. The van der Waals surface area contributed by atoms with Gasteiger partial charge in [-0.15, -0.1) is 0 Å². The molecular weight excluding hydrogens is 390 g/mol. The van der Waals surface area contributed by atoms with Crippen molar-refractivity contribution in [1.82, 2.24) is 0 Å². The van der Waals surface area contributed by atoms with Crippen molar-refractivity contribution in [2.24, 2.45) is 0 Å². The van der Waals surface area contributed by atoms with Crippen molar-refractivity contribution in [3.8, 4) is 0 Å². The Morgan fingerprint density at radius 3 is 0.500 bits per heavy atom. The van der Waals surface area contributed by atoms with Gasteiger partial charge in [-0.2, -0.15) is 0 Å². The molecule has 0 saturated carbocycles. The van der Waals surface area contributed by atoms with Crippen LogP contribution in [0.5, 0.6) is 0 Å². The zero-order valence-corrected chi connectivity index (χ0v) is 13.0. The maximum atomic E-state index is 8.33. The fourth-order valence-electron chi connectivity index (χ4n) is 0. The first-order chi connectivity index (χ1) is 5.20. The molecular formula is C3H4O11Y2. The first-order valence-corrected chi connectivity index (χ1v) is 1.84. The molecule has 13 heteroatoms. The topological polar surface area (TPSA) is 253 Å². The number of hydrogen-bond acceptors (Lipinski definition) is 9. The molecule has 0 bridgehead atoms. The molecule has 0 rings (SSSR count). The van der Waals surface area contributed by atoms with E-state index in [4.69, 9.17) is 45.0 Å². The summed E-state index contributed by atoms with van der Waals surface area (Å²) in [5, 5.41) is 50.0. The van der Waals surface area contributed by atoms with Gasteiger partial charge in [-0.3, -0.25) is 0 Å². The molecule has 16 heavy (non-hydrogen) atoms.